The quantitative estimate of drug-likeness (QED) is 0.0331. The van der Waals surface area contributed by atoms with Gasteiger partial charge in [-0.05, 0) is 0 Å². The Morgan fingerprint density at radius 2 is 0.482 bits per heavy atom. The van der Waals surface area contributed by atoms with Gasteiger partial charge in [0.1, 0.15) is 219 Å². The highest BCUT2D eigenvalue weighted by Crippen LogP contribution is 2.41. The average Bonchev–Trinajstić information content (AvgIpc) is 0.755. The van der Waals surface area contributed by atoms with Crippen LogP contribution in [-0.2, 0) is 99.7 Å². The van der Waals surface area contributed by atoms with Gasteiger partial charge >= 0.3 is 0 Å². The van der Waals surface area contributed by atoms with Crippen LogP contribution in [0.4, 0.5) is 0 Å². The summed E-state index contributed by atoms with van der Waals surface area (Å²) < 4.78 is 101. The van der Waals surface area contributed by atoms with Gasteiger partial charge in [0.05, 0.1) is 59.5 Å². The van der Waals surface area contributed by atoms with Crippen LogP contribution in [0, 0.1) is 0 Å². The van der Waals surface area contributed by atoms with Gasteiger partial charge in [0, 0.05) is 27.7 Å². The van der Waals surface area contributed by atoms with E-state index < -0.39 is 359 Å². The van der Waals surface area contributed by atoms with Crippen LogP contribution in [0.3, 0.4) is 0 Å². The van der Waals surface area contributed by atoms with Crippen molar-refractivity contribution in [3.8, 4) is 0 Å². The number of hydrogen-bond donors (Lipinski definition) is 29. The Morgan fingerprint density at radius 1 is 0.232 bits per heavy atom. The zero-order valence-corrected chi connectivity index (χ0v) is 60.1. The summed E-state index contributed by atoms with van der Waals surface area (Å²) in [5.41, 5.74) is 0. The van der Waals surface area contributed by atoms with E-state index in [1.165, 1.54) is 0 Å². The Hall–Kier alpha value is -3.80. The Morgan fingerprint density at radius 3 is 0.830 bits per heavy atom. The van der Waals surface area contributed by atoms with E-state index in [-0.39, 0.29) is 0 Å². The molecule has 0 saturated carbocycles. The van der Waals surface area contributed by atoms with Crippen molar-refractivity contribution in [1.29, 1.82) is 0 Å². The topological polar surface area (TPSA) is 779 Å². The standard InChI is InChI=1S/C62H104N4O46/c1-14(75)63-27-35(83)47(21(8-70)97-54(27)95)106-55-28(64-15(2)76)37(85)50(24(11-73)101-55)110-61-46(94)52(34(82)26(105-61)13-96-58-42(90)39(87)31(79)18(5-67)98-58)111-62-53(112-57-30(66-17(4)78)38(86)49(23(10-72)103-57)109-60-44(92)41(89)33(81)20(7-69)100-60)45(93)51(25(12-74)104-62)107-56-29(65-16(3)77)36(84)48(22(9-71)102-56)108-59-43(91)40(88)32(80)19(6-68)99-59/h18-62,67-74,79-95H,5-13H2,1-4H3,(H,63,75)(H,64,76)(H,65,77)(H,66,78)/t18-,19-,20-,21-,22-,23-,24-,25-,26-,27-,28-,29-,30-,31-,32+,33+,34-,35-,36-,37-,38-,39+,40+,41+,42+,43-,44-,45+,46+,47-,48-,49-,50-,51-,52+,53+,54-,55+,56+,57+,58+,59+,60+,61?,62-/m1/s1. The molecule has 0 aliphatic carbocycles. The Labute approximate surface area is 634 Å². The predicted molar refractivity (Wildman–Crippen MR) is 343 cm³/mol. The average molecular weight is 1640 g/mol. The number of carbonyl (C=O) groups excluding carboxylic acids is 4. The molecule has 0 aromatic rings. The molecule has 50 heteroatoms. The molecule has 648 valence electrons. The van der Waals surface area contributed by atoms with Crippen LogP contribution in [-0.4, -0.2) is 487 Å². The minimum Gasteiger partial charge on any atom is -0.394 e. The monoisotopic (exact) mass is 1640 g/mol. The minimum absolute atomic E-state index is 0.784. The van der Waals surface area contributed by atoms with Crippen molar-refractivity contribution in [3.63, 3.8) is 0 Å². The third kappa shape index (κ3) is 20.2. The fourth-order valence-electron chi connectivity index (χ4n) is 14.5. The maximum absolute atomic E-state index is 13.2. The molecule has 0 aromatic heterocycles. The molecule has 0 spiro atoms. The van der Waals surface area contributed by atoms with Gasteiger partial charge in [0.2, 0.25) is 23.6 Å². The molecule has 0 aromatic carbocycles. The predicted octanol–water partition coefficient (Wildman–Crippen LogP) is -20.1. The lowest BCUT2D eigenvalue weighted by Gasteiger charge is -2.52. The van der Waals surface area contributed by atoms with Gasteiger partial charge in [-0.15, -0.1) is 0 Å². The van der Waals surface area contributed by atoms with Crippen LogP contribution in [0.15, 0.2) is 0 Å². The minimum atomic E-state index is -2.60. The highest BCUT2D eigenvalue weighted by atomic mass is 16.8. The van der Waals surface area contributed by atoms with Crippen molar-refractivity contribution in [2.75, 3.05) is 59.5 Å². The van der Waals surface area contributed by atoms with Crippen LogP contribution in [0.5, 0.6) is 0 Å². The lowest BCUT2D eigenvalue weighted by atomic mass is 9.93. The van der Waals surface area contributed by atoms with Crippen LogP contribution < -0.4 is 21.3 Å². The van der Waals surface area contributed by atoms with Gasteiger partial charge in [-0.25, -0.2) is 0 Å². The van der Waals surface area contributed by atoms with Gasteiger partial charge in [-0.2, -0.15) is 0 Å². The van der Waals surface area contributed by atoms with Crippen molar-refractivity contribution in [1.82, 2.24) is 21.3 Å². The number of hydrogen-bond acceptors (Lipinski definition) is 46. The fourth-order valence-corrected chi connectivity index (χ4v) is 14.5. The van der Waals surface area contributed by atoms with Crippen LogP contribution in [0.25, 0.3) is 0 Å². The highest BCUT2D eigenvalue weighted by Gasteiger charge is 2.62. The lowest BCUT2D eigenvalue weighted by Crippen LogP contribution is -2.71. The fraction of sp³-hybridized carbons (Fsp3) is 0.935. The van der Waals surface area contributed by atoms with E-state index in [0.29, 0.717) is 0 Å². The van der Waals surface area contributed by atoms with Crippen LogP contribution in [0.1, 0.15) is 27.7 Å². The summed E-state index contributed by atoms with van der Waals surface area (Å²) in [5, 5.41) is 287. The zero-order valence-electron chi connectivity index (χ0n) is 60.1. The van der Waals surface area contributed by atoms with Crippen LogP contribution >= 0.6 is 0 Å². The number of carbonyl (C=O) groups is 4. The van der Waals surface area contributed by atoms with E-state index in [1.807, 2.05) is 0 Å². The number of ether oxygens (including phenoxy) is 17. The molecule has 9 aliphatic heterocycles. The number of aliphatic hydroxyl groups excluding tert-OH is 25. The summed E-state index contributed by atoms with van der Waals surface area (Å²) in [6.45, 7) is -6.13. The van der Waals surface area contributed by atoms with Gasteiger partial charge in [-0.1, -0.05) is 0 Å². The molecule has 9 fully saturated rings. The van der Waals surface area contributed by atoms with Crippen molar-refractivity contribution in [2.24, 2.45) is 0 Å². The maximum Gasteiger partial charge on any atom is 0.217 e. The molecule has 1 unspecified atom stereocenters. The van der Waals surface area contributed by atoms with Crippen molar-refractivity contribution >= 4 is 23.6 Å². The second-order valence-corrected chi connectivity index (χ2v) is 28.2. The summed E-state index contributed by atoms with van der Waals surface area (Å²) in [7, 11) is 0. The molecule has 4 amide bonds. The third-order valence-electron chi connectivity index (χ3n) is 20.4. The normalized spacial score (nSPS) is 48.9. The summed E-state index contributed by atoms with van der Waals surface area (Å²) in [4.78, 5) is 51.3. The molecule has 29 N–H and O–H groups in total. The molecular formula is C62H104N4O46. The number of aliphatic hydroxyl groups is 25. The van der Waals surface area contributed by atoms with Crippen LogP contribution in [0.2, 0.25) is 0 Å². The van der Waals surface area contributed by atoms with Gasteiger partial charge in [0.15, 0.2) is 56.6 Å². The maximum atomic E-state index is 13.2. The first-order valence-electron chi connectivity index (χ1n) is 35.6. The number of nitrogens with one attached hydrogen (secondary N) is 4. The molecule has 9 saturated heterocycles. The smallest absolute Gasteiger partial charge is 0.217 e. The molecule has 9 heterocycles. The van der Waals surface area contributed by atoms with E-state index in [2.05, 4.69) is 21.3 Å². The van der Waals surface area contributed by atoms with E-state index in [0.717, 1.165) is 27.7 Å². The van der Waals surface area contributed by atoms with E-state index in [1.54, 1.807) is 0 Å². The third-order valence-corrected chi connectivity index (χ3v) is 20.4. The van der Waals surface area contributed by atoms with Crippen molar-refractivity contribution < 1.29 is 227 Å². The Bertz CT molecular complexity index is 2970. The van der Waals surface area contributed by atoms with Crippen molar-refractivity contribution in [2.45, 2.75) is 304 Å². The number of amides is 4. The molecule has 45 atom stereocenters. The molecule has 0 radical (unpaired) electrons. The summed E-state index contributed by atoms with van der Waals surface area (Å²) in [5.74, 6) is -3.70. The van der Waals surface area contributed by atoms with Crippen molar-refractivity contribution in [3.05, 3.63) is 0 Å². The summed E-state index contributed by atoms with van der Waals surface area (Å²) >= 11 is 0. The highest BCUT2D eigenvalue weighted by molar-refractivity contribution is 5.74. The SMILES string of the molecule is CC(=O)N[C@@H]1[C@@H](O)[C@H](O[C@@H]2O[C@H](CO)[C@@H](OC3O[C@H](CO[C@H]4O[C@H](CO)[C@@H](O)[C@H](O)[C@@H]4O)[C@@H](O)[C@H](O[C@H]4O[C@H](CO)[C@@H](O[C@@H]5O[C@H](CO)[C@@H](O[C@@H]6O[C@H](CO)[C@H](O)[C@H](O)[C@H]6O)[C@H](O)[C@H]5NC(C)=O)[C@H](O)[C@@H]4O[C@@H]4O[C@H](CO)[C@@H](O[C@@H]5O[C@H](CO)[C@H](O)[C@H](O)[C@H]5O)[C@H](O)[C@H]4NC(C)=O)[C@@H]3O)[C@H](O)[C@H]2NC(C)=O)[C@@H](CO)O[C@H]1O. The first-order chi connectivity index (χ1) is 53.0. The summed E-state index contributed by atoms with van der Waals surface area (Å²) in [6.07, 6.45) is -85.9. The zero-order chi connectivity index (χ0) is 82.5. The Kier molecular flexibility index (Phi) is 33.1. The largest absolute Gasteiger partial charge is 0.394 e. The van der Waals surface area contributed by atoms with E-state index >= 15 is 0 Å². The first-order valence-corrected chi connectivity index (χ1v) is 35.6. The summed E-state index contributed by atoms with van der Waals surface area (Å²) in [6, 6.07) is -7.58. The molecule has 0 bridgehead atoms. The van der Waals surface area contributed by atoms with Gasteiger partial charge < -0.3 is 229 Å². The molecule has 50 nitrogen and oxygen atoms in total. The molecule has 112 heavy (non-hydrogen) atoms. The second kappa shape index (κ2) is 40.3. The van der Waals surface area contributed by atoms with Gasteiger partial charge in [-0.3, -0.25) is 19.2 Å². The van der Waals surface area contributed by atoms with E-state index in [9.17, 15) is 147 Å². The van der Waals surface area contributed by atoms with Gasteiger partial charge in [0.25, 0.3) is 0 Å². The lowest BCUT2D eigenvalue weighted by molar-refractivity contribution is -0.406. The molecule has 9 rings (SSSR count). The molecular weight excluding hydrogens is 1540 g/mol. The Balaban J connectivity index is 1.09. The van der Waals surface area contributed by atoms with E-state index in [4.69, 9.17) is 80.5 Å². The first kappa shape index (κ1) is 92.1. The number of rotatable bonds is 29. The molecule has 9 aliphatic rings. The second-order valence-electron chi connectivity index (χ2n) is 28.2.